The van der Waals surface area contributed by atoms with Gasteiger partial charge in [-0.25, -0.2) is 0 Å². The molecule has 0 saturated carbocycles. The first kappa shape index (κ1) is 21.0. The van der Waals surface area contributed by atoms with Crippen LogP contribution in [0.3, 0.4) is 0 Å². The van der Waals surface area contributed by atoms with Gasteiger partial charge in [0.25, 0.3) is 0 Å². The monoisotopic (exact) mass is 366 g/mol. The van der Waals surface area contributed by atoms with Crippen molar-refractivity contribution in [1.29, 1.82) is 0 Å². The summed E-state index contributed by atoms with van der Waals surface area (Å²) in [5, 5.41) is 10.1. The highest BCUT2D eigenvalue weighted by molar-refractivity contribution is 5.85. The van der Waals surface area contributed by atoms with Crippen molar-refractivity contribution >= 4 is 18.3 Å². The van der Waals surface area contributed by atoms with Gasteiger partial charge in [-0.05, 0) is 38.9 Å². The Labute approximate surface area is 155 Å². The van der Waals surface area contributed by atoms with Crippen molar-refractivity contribution in [3.8, 4) is 5.75 Å². The molecule has 1 amide bonds. The molecule has 2 atom stereocenters. The molecule has 2 N–H and O–H groups in total. The highest BCUT2D eigenvalue weighted by Crippen LogP contribution is 2.22. The summed E-state index contributed by atoms with van der Waals surface area (Å²) in [5.41, 5.74) is 3.02. The van der Waals surface area contributed by atoms with Crippen molar-refractivity contribution in [3.05, 3.63) is 47.3 Å². The van der Waals surface area contributed by atoms with E-state index in [1.165, 1.54) is 0 Å². The number of halogens is 1. The van der Waals surface area contributed by atoms with Crippen molar-refractivity contribution < 1.29 is 9.53 Å². The second kappa shape index (κ2) is 9.44. The number of hydrogen-bond donors (Lipinski definition) is 2. The molecule has 0 aliphatic heterocycles. The lowest BCUT2D eigenvalue weighted by molar-refractivity contribution is -0.124. The minimum Gasteiger partial charge on any atom is -0.491 e. The van der Waals surface area contributed by atoms with Gasteiger partial charge in [-0.2, -0.15) is 5.10 Å². The van der Waals surface area contributed by atoms with Crippen LogP contribution in [0.25, 0.3) is 0 Å². The summed E-state index contributed by atoms with van der Waals surface area (Å²) in [6, 6.07) is 5.51. The Morgan fingerprint density at radius 1 is 1.32 bits per heavy atom. The first-order chi connectivity index (χ1) is 11.4. The van der Waals surface area contributed by atoms with Crippen LogP contribution < -0.4 is 15.4 Å². The SMILES string of the molecule is CNC(C(=O)NC(C)COc1c(C)cccc1C)c1cnn(C)c1.Cl. The van der Waals surface area contributed by atoms with Crippen molar-refractivity contribution in [2.24, 2.45) is 7.05 Å². The predicted octanol–water partition coefficient (Wildman–Crippen LogP) is 2.30. The average Bonchev–Trinajstić information content (AvgIpc) is 2.93. The quantitative estimate of drug-likeness (QED) is 0.789. The van der Waals surface area contributed by atoms with E-state index in [-0.39, 0.29) is 24.4 Å². The van der Waals surface area contributed by atoms with Gasteiger partial charge in [0.15, 0.2) is 0 Å². The summed E-state index contributed by atoms with van der Waals surface area (Å²) in [6.07, 6.45) is 3.53. The van der Waals surface area contributed by atoms with Crippen LogP contribution in [0.4, 0.5) is 0 Å². The Balaban J connectivity index is 0.00000312. The van der Waals surface area contributed by atoms with Crippen LogP contribution in [0.2, 0.25) is 0 Å². The smallest absolute Gasteiger partial charge is 0.242 e. The summed E-state index contributed by atoms with van der Waals surface area (Å²) in [5.74, 6) is 0.791. The van der Waals surface area contributed by atoms with Crippen molar-refractivity contribution in [2.45, 2.75) is 32.9 Å². The molecule has 25 heavy (non-hydrogen) atoms. The predicted molar refractivity (Wildman–Crippen MR) is 101 cm³/mol. The maximum atomic E-state index is 12.5. The Kier molecular flexibility index (Phi) is 7.93. The van der Waals surface area contributed by atoms with Gasteiger partial charge in [-0.1, -0.05) is 18.2 Å². The number of nitrogens with zero attached hydrogens (tertiary/aromatic N) is 2. The minimum absolute atomic E-state index is 0. The number of likely N-dealkylation sites (N-methyl/N-ethyl adjacent to an activating group) is 1. The van der Waals surface area contributed by atoms with Crippen molar-refractivity contribution in [1.82, 2.24) is 20.4 Å². The number of benzene rings is 1. The van der Waals surface area contributed by atoms with E-state index >= 15 is 0 Å². The van der Waals surface area contributed by atoms with Gasteiger partial charge in [-0.3, -0.25) is 9.48 Å². The molecule has 0 saturated heterocycles. The molecule has 1 aromatic carbocycles. The molecule has 2 aromatic rings. The molecule has 1 heterocycles. The van der Waals surface area contributed by atoms with Gasteiger partial charge in [-0.15, -0.1) is 12.4 Å². The minimum atomic E-state index is -0.429. The molecule has 0 aliphatic rings. The topological polar surface area (TPSA) is 68.2 Å². The van der Waals surface area contributed by atoms with E-state index in [4.69, 9.17) is 4.74 Å². The third-order valence-corrected chi connectivity index (χ3v) is 3.88. The normalized spacial score (nSPS) is 12.8. The molecule has 7 heteroatoms. The number of nitrogens with one attached hydrogen (secondary N) is 2. The van der Waals surface area contributed by atoms with Crippen molar-refractivity contribution in [3.63, 3.8) is 0 Å². The highest BCUT2D eigenvalue weighted by Gasteiger charge is 2.21. The number of ether oxygens (including phenoxy) is 1. The standard InChI is InChI=1S/C18H26N4O2.ClH/c1-12-7-6-8-13(2)17(12)24-11-14(3)21-18(23)16(19-4)15-9-20-22(5)10-15;/h6-10,14,16,19H,11H2,1-5H3,(H,21,23);1H. The lowest BCUT2D eigenvalue weighted by Crippen LogP contribution is -2.43. The maximum absolute atomic E-state index is 12.5. The van der Waals surface area contributed by atoms with Crippen LogP contribution in [0.1, 0.15) is 29.7 Å². The van der Waals surface area contributed by atoms with E-state index in [0.717, 1.165) is 22.4 Å². The number of aryl methyl sites for hydroxylation is 3. The Morgan fingerprint density at radius 2 is 1.96 bits per heavy atom. The third kappa shape index (κ3) is 5.47. The molecule has 0 radical (unpaired) electrons. The first-order valence-electron chi connectivity index (χ1n) is 8.07. The molecule has 2 rings (SSSR count). The van der Waals surface area contributed by atoms with E-state index in [2.05, 4.69) is 15.7 Å². The maximum Gasteiger partial charge on any atom is 0.242 e. The molecule has 1 aromatic heterocycles. The van der Waals surface area contributed by atoms with Crippen LogP contribution in [-0.4, -0.2) is 35.4 Å². The van der Waals surface area contributed by atoms with E-state index in [0.29, 0.717) is 6.61 Å². The van der Waals surface area contributed by atoms with Crippen LogP contribution in [-0.2, 0) is 11.8 Å². The fraction of sp³-hybridized carbons (Fsp3) is 0.444. The lowest BCUT2D eigenvalue weighted by atomic mass is 10.1. The van der Waals surface area contributed by atoms with Gasteiger partial charge in [0.1, 0.15) is 18.4 Å². The highest BCUT2D eigenvalue weighted by atomic mass is 35.5. The summed E-state index contributed by atoms with van der Waals surface area (Å²) in [6.45, 7) is 6.39. The second-order valence-corrected chi connectivity index (χ2v) is 6.11. The zero-order chi connectivity index (χ0) is 17.7. The Morgan fingerprint density at radius 3 is 2.48 bits per heavy atom. The van der Waals surface area contributed by atoms with Crippen LogP contribution in [0.15, 0.2) is 30.6 Å². The Bertz CT molecular complexity index is 682. The van der Waals surface area contributed by atoms with E-state index in [9.17, 15) is 4.79 Å². The number of para-hydroxylation sites is 1. The summed E-state index contributed by atoms with van der Waals surface area (Å²) in [7, 11) is 3.59. The average molecular weight is 367 g/mol. The first-order valence-corrected chi connectivity index (χ1v) is 8.07. The molecule has 0 spiro atoms. The van der Waals surface area contributed by atoms with Gasteiger partial charge < -0.3 is 15.4 Å². The van der Waals surface area contributed by atoms with Gasteiger partial charge >= 0.3 is 0 Å². The number of rotatable bonds is 7. The van der Waals surface area contributed by atoms with Gasteiger partial charge in [0.2, 0.25) is 5.91 Å². The fourth-order valence-corrected chi connectivity index (χ4v) is 2.64. The van der Waals surface area contributed by atoms with Gasteiger partial charge in [0, 0.05) is 18.8 Å². The van der Waals surface area contributed by atoms with Crippen LogP contribution >= 0.6 is 12.4 Å². The number of aromatic nitrogens is 2. The molecule has 2 unspecified atom stereocenters. The largest absolute Gasteiger partial charge is 0.491 e. The zero-order valence-corrected chi connectivity index (χ0v) is 16.2. The molecule has 6 nitrogen and oxygen atoms in total. The molecule has 0 fully saturated rings. The number of amides is 1. The van der Waals surface area contributed by atoms with Crippen LogP contribution in [0.5, 0.6) is 5.75 Å². The van der Waals surface area contributed by atoms with E-state index in [1.54, 1.807) is 17.9 Å². The van der Waals surface area contributed by atoms with E-state index in [1.807, 2.05) is 52.2 Å². The molecule has 0 aliphatic carbocycles. The van der Waals surface area contributed by atoms with Crippen LogP contribution in [0, 0.1) is 13.8 Å². The number of hydrogen-bond acceptors (Lipinski definition) is 4. The number of carbonyl (C=O) groups excluding carboxylic acids is 1. The summed E-state index contributed by atoms with van der Waals surface area (Å²) in [4.78, 5) is 12.5. The summed E-state index contributed by atoms with van der Waals surface area (Å²) < 4.78 is 7.58. The van der Waals surface area contributed by atoms with Gasteiger partial charge in [0.05, 0.1) is 12.2 Å². The zero-order valence-electron chi connectivity index (χ0n) is 15.4. The third-order valence-electron chi connectivity index (χ3n) is 3.88. The second-order valence-electron chi connectivity index (χ2n) is 6.11. The summed E-state index contributed by atoms with van der Waals surface area (Å²) >= 11 is 0. The number of carbonyl (C=O) groups is 1. The lowest BCUT2D eigenvalue weighted by Gasteiger charge is -2.20. The molecular weight excluding hydrogens is 340 g/mol. The van der Waals surface area contributed by atoms with E-state index < -0.39 is 6.04 Å². The molecule has 138 valence electrons. The Hall–Kier alpha value is -2.05. The molecule has 0 bridgehead atoms. The molecular formula is C18H27ClN4O2. The van der Waals surface area contributed by atoms with Crippen molar-refractivity contribution in [2.75, 3.05) is 13.7 Å². The fourth-order valence-electron chi connectivity index (χ4n) is 2.64.